The lowest BCUT2D eigenvalue weighted by molar-refractivity contribution is -0.117. The number of allylic oxidation sites excluding steroid dienone is 2. The summed E-state index contributed by atoms with van der Waals surface area (Å²) in [7, 11) is 4.00. The van der Waals surface area contributed by atoms with Crippen molar-refractivity contribution in [3.63, 3.8) is 0 Å². The Kier molecular flexibility index (Phi) is 21.1. The second-order valence-electron chi connectivity index (χ2n) is 2.41. The van der Waals surface area contributed by atoms with E-state index in [0.29, 0.717) is 11.5 Å². The van der Waals surface area contributed by atoms with Gasteiger partial charge in [0.1, 0.15) is 0 Å². The zero-order chi connectivity index (χ0) is 15.0. The third-order valence-corrected chi connectivity index (χ3v) is 1.44. The van der Waals surface area contributed by atoms with Crippen LogP contribution in [0.4, 0.5) is 0 Å². The molecule has 0 saturated heterocycles. The lowest BCUT2D eigenvalue weighted by Gasteiger charge is -2.08. The van der Waals surface area contributed by atoms with Crippen molar-refractivity contribution in [2.24, 2.45) is 5.73 Å². The van der Waals surface area contributed by atoms with E-state index in [1.165, 1.54) is 14.2 Å². The van der Waals surface area contributed by atoms with Gasteiger partial charge in [-0.15, -0.1) is 0 Å². The Morgan fingerprint density at radius 1 is 1.22 bits per heavy atom. The van der Waals surface area contributed by atoms with Crippen molar-refractivity contribution in [3.05, 3.63) is 36.3 Å². The molecule has 5 nitrogen and oxygen atoms in total. The van der Waals surface area contributed by atoms with E-state index in [1.54, 1.807) is 18.2 Å². The number of aliphatic hydroxyl groups is 1. The third kappa shape index (κ3) is 12.3. The molecule has 5 heteroatoms. The lowest BCUT2D eigenvalue weighted by Crippen LogP contribution is -2.09. The van der Waals surface area contributed by atoms with E-state index in [4.69, 9.17) is 20.3 Å². The number of rotatable bonds is 6. The van der Waals surface area contributed by atoms with Crippen LogP contribution in [-0.4, -0.2) is 32.3 Å². The van der Waals surface area contributed by atoms with Crippen LogP contribution in [0.3, 0.4) is 0 Å². The second kappa shape index (κ2) is 17.6. The average molecular weight is 259 g/mol. The maximum atomic E-state index is 10.5. The molecule has 0 fully saturated rings. The fourth-order valence-electron chi connectivity index (χ4n) is 0.836. The monoisotopic (exact) mass is 259 g/mol. The minimum Gasteiger partial charge on any atom is -0.493 e. The summed E-state index contributed by atoms with van der Waals surface area (Å²) in [6.45, 7) is 7.53. The topological polar surface area (TPSA) is 81.8 Å². The molecule has 0 aliphatic rings. The number of carbonyl (C=O) groups is 1. The average Bonchev–Trinajstić information content (AvgIpc) is 2.42. The van der Waals surface area contributed by atoms with Crippen LogP contribution in [0.2, 0.25) is 0 Å². The van der Waals surface area contributed by atoms with Gasteiger partial charge >= 0.3 is 0 Å². The van der Waals surface area contributed by atoms with Crippen molar-refractivity contribution in [2.45, 2.75) is 20.3 Å². The maximum Gasteiger partial charge on any atom is 0.221 e. The molecule has 0 radical (unpaired) electrons. The fourth-order valence-corrected chi connectivity index (χ4v) is 0.836. The standard InChI is InChI=1S/C10H15NO3.C2H6.CH4O/c1-4-5-8(13-2)9(14-3)6-7-10(11)12;2*1-2/h4-6H,1,7H2,2-3H3,(H2,11,12);1-2H3;2H,1H3/b8-5+,9-6+;;. The van der Waals surface area contributed by atoms with Crippen LogP contribution < -0.4 is 5.73 Å². The van der Waals surface area contributed by atoms with Crippen LogP contribution >= 0.6 is 0 Å². The molecular formula is C13H25NO4. The van der Waals surface area contributed by atoms with Crippen LogP contribution in [0.5, 0.6) is 0 Å². The molecule has 106 valence electrons. The van der Waals surface area contributed by atoms with Crippen LogP contribution in [0.25, 0.3) is 0 Å². The Hall–Kier alpha value is -1.75. The Labute approximate surface area is 110 Å². The van der Waals surface area contributed by atoms with Crippen LogP contribution in [-0.2, 0) is 14.3 Å². The van der Waals surface area contributed by atoms with Gasteiger partial charge in [0.05, 0.1) is 14.2 Å². The summed E-state index contributed by atoms with van der Waals surface area (Å²) in [6.07, 6.45) is 4.87. The fraction of sp³-hybridized carbons (Fsp3) is 0.462. The van der Waals surface area contributed by atoms with E-state index in [2.05, 4.69) is 6.58 Å². The molecule has 0 saturated carbocycles. The molecule has 0 heterocycles. The van der Waals surface area contributed by atoms with Crippen LogP contribution in [0.1, 0.15) is 20.3 Å². The number of primary amides is 1. The van der Waals surface area contributed by atoms with Crippen molar-refractivity contribution in [2.75, 3.05) is 21.3 Å². The predicted molar refractivity (Wildman–Crippen MR) is 73.7 cm³/mol. The summed E-state index contributed by atoms with van der Waals surface area (Å²) in [5.74, 6) is 0.545. The normalized spacial score (nSPS) is 10.1. The van der Waals surface area contributed by atoms with Crippen molar-refractivity contribution in [1.29, 1.82) is 0 Å². The quantitative estimate of drug-likeness (QED) is 0.562. The maximum absolute atomic E-state index is 10.5. The minimum atomic E-state index is -0.423. The molecule has 18 heavy (non-hydrogen) atoms. The summed E-state index contributed by atoms with van der Waals surface area (Å²) < 4.78 is 10.0. The molecule has 0 spiro atoms. The van der Waals surface area contributed by atoms with Gasteiger partial charge in [0.2, 0.25) is 5.91 Å². The van der Waals surface area contributed by atoms with Gasteiger partial charge < -0.3 is 20.3 Å². The first kappa shape index (κ1) is 21.5. The molecule has 3 N–H and O–H groups in total. The highest BCUT2D eigenvalue weighted by Gasteiger charge is 2.04. The number of hydrogen-bond donors (Lipinski definition) is 2. The summed E-state index contributed by atoms with van der Waals surface area (Å²) in [4.78, 5) is 10.5. The van der Waals surface area contributed by atoms with E-state index in [9.17, 15) is 4.79 Å². The van der Waals surface area contributed by atoms with E-state index in [1.807, 2.05) is 13.8 Å². The van der Waals surface area contributed by atoms with Crippen molar-refractivity contribution in [3.8, 4) is 0 Å². The van der Waals surface area contributed by atoms with Crippen LogP contribution in [0.15, 0.2) is 36.3 Å². The highest BCUT2D eigenvalue weighted by atomic mass is 16.5. The van der Waals surface area contributed by atoms with Crippen molar-refractivity contribution < 1.29 is 19.4 Å². The Balaban J connectivity index is -0.000000506. The van der Waals surface area contributed by atoms with Gasteiger partial charge in [-0.1, -0.05) is 26.5 Å². The molecule has 0 aliphatic heterocycles. The van der Waals surface area contributed by atoms with Crippen LogP contribution in [0, 0.1) is 0 Å². The number of carbonyl (C=O) groups excluding carboxylic acids is 1. The van der Waals surface area contributed by atoms with Gasteiger partial charge in [0.15, 0.2) is 11.5 Å². The molecule has 0 aromatic carbocycles. The molecule has 0 bridgehead atoms. The highest BCUT2D eigenvalue weighted by molar-refractivity contribution is 5.75. The molecule has 1 amide bonds. The summed E-state index contributed by atoms with van der Waals surface area (Å²) in [5, 5.41) is 7.00. The molecular weight excluding hydrogens is 234 g/mol. The van der Waals surface area contributed by atoms with E-state index < -0.39 is 5.91 Å². The number of amides is 1. The zero-order valence-corrected chi connectivity index (χ0v) is 11.9. The predicted octanol–water partition coefficient (Wildman–Crippen LogP) is 1.74. The minimum absolute atomic E-state index is 0.112. The van der Waals surface area contributed by atoms with Crippen molar-refractivity contribution in [1.82, 2.24) is 0 Å². The van der Waals surface area contributed by atoms with Gasteiger partial charge in [-0.2, -0.15) is 0 Å². The molecule has 0 unspecified atom stereocenters. The van der Waals surface area contributed by atoms with Gasteiger partial charge in [0, 0.05) is 13.5 Å². The first-order valence-electron chi connectivity index (χ1n) is 5.50. The zero-order valence-electron chi connectivity index (χ0n) is 11.9. The Morgan fingerprint density at radius 3 is 1.94 bits per heavy atom. The van der Waals surface area contributed by atoms with Gasteiger partial charge in [0.25, 0.3) is 0 Å². The van der Waals surface area contributed by atoms with E-state index in [0.717, 1.165) is 7.11 Å². The first-order valence-corrected chi connectivity index (χ1v) is 5.50. The number of nitrogens with two attached hydrogens (primary N) is 1. The smallest absolute Gasteiger partial charge is 0.221 e. The number of aliphatic hydroxyl groups excluding tert-OH is 1. The Bertz CT molecular complexity index is 270. The number of hydrogen-bond acceptors (Lipinski definition) is 4. The third-order valence-electron chi connectivity index (χ3n) is 1.44. The summed E-state index contributed by atoms with van der Waals surface area (Å²) in [5.41, 5.74) is 4.99. The lowest BCUT2D eigenvalue weighted by atomic mass is 10.3. The Morgan fingerprint density at radius 2 is 1.67 bits per heavy atom. The van der Waals surface area contributed by atoms with Gasteiger partial charge in [-0.25, -0.2) is 0 Å². The summed E-state index contributed by atoms with van der Waals surface area (Å²) >= 11 is 0. The van der Waals surface area contributed by atoms with Gasteiger partial charge in [-0.05, 0) is 12.2 Å². The van der Waals surface area contributed by atoms with E-state index >= 15 is 0 Å². The number of methoxy groups -OCH3 is 2. The largest absolute Gasteiger partial charge is 0.493 e. The number of ether oxygens (including phenoxy) is 2. The summed E-state index contributed by atoms with van der Waals surface area (Å²) in [6, 6.07) is 0. The molecule has 0 rings (SSSR count). The molecule has 0 aromatic heterocycles. The molecule has 0 atom stereocenters. The SMILES string of the molecule is C=C/C=C(OC)\C(=C/CC(N)=O)OC.CC.CO. The first-order chi connectivity index (χ1) is 8.65. The highest BCUT2D eigenvalue weighted by Crippen LogP contribution is 2.12. The van der Waals surface area contributed by atoms with Crippen molar-refractivity contribution >= 4 is 5.91 Å². The molecule has 0 aliphatic carbocycles. The second-order valence-corrected chi connectivity index (χ2v) is 2.41. The van der Waals surface area contributed by atoms with E-state index in [-0.39, 0.29) is 6.42 Å². The molecule has 0 aromatic rings. The van der Waals surface area contributed by atoms with Gasteiger partial charge in [-0.3, -0.25) is 4.79 Å².